The first-order chi connectivity index (χ1) is 38.8. The molecule has 0 radical (unpaired) electrons. The second-order valence-corrected chi connectivity index (χ2v) is 22.6. The number of nitrogens with two attached hydrogens (primary N) is 4. The molecule has 456 valence electrons. The van der Waals surface area contributed by atoms with Crippen molar-refractivity contribution in [3.05, 3.63) is 29.8 Å². The Morgan fingerprint density at radius 3 is 1.76 bits per heavy atom. The third kappa shape index (κ3) is 24.6. The maximum atomic E-state index is 14.4. The number of aliphatic imine (C=N–C) groups is 2. The van der Waals surface area contributed by atoms with Crippen LogP contribution in [0.25, 0.3) is 0 Å². The van der Waals surface area contributed by atoms with E-state index in [2.05, 4.69) is 68.5 Å². The molecule has 32 heteroatoms. The molecular weight excluding hydrogens is 1110 g/mol. The van der Waals surface area contributed by atoms with E-state index in [1.807, 2.05) is 0 Å². The van der Waals surface area contributed by atoms with Gasteiger partial charge in [-0.3, -0.25) is 62.7 Å². The Morgan fingerprint density at radius 2 is 1.21 bits per heavy atom. The minimum atomic E-state index is -1.43. The average Bonchev–Trinajstić information content (AvgIpc) is 4.02. The Balaban J connectivity index is 2.15. The number of benzene rings is 1. The number of rotatable bonds is 18. The Hall–Kier alpha value is -7.61. The van der Waals surface area contributed by atoms with Crippen LogP contribution in [0.2, 0.25) is 0 Å². The van der Waals surface area contributed by atoms with Crippen LogP contribution in [0.4, 0.5) is 0 Å². The molecule has 0 unspecified atom stereocenters. The molecule has 0 aromatic heterocycles. The van der Waals surface area contributed by atoms with Gasteiger partial charge in [0.2, 0.25) is 59.1 Å². The van der Waals surface area contributed by atoms with Gasteiger partial charge in [-0.15, -0.1) is 0 Å². The van der Waals surface area contributed by atoms with Gasteiger partial charge < -0.3 is 91.6 Å². The number of guanidine groups is 2. The molecule has 21 N–H and O–H groups in total. The van der Waals surface area contributed by atoms with E-state index in [1.165, 1.54) is 31.2 Å². The van der Waals surface area contributed by atoms with E-state index in [0.717, 1.165) is 21.6 Å². The average molecular weight is 1190 g/mol. The maximum absolute atomic E-state index is 14.4. The number of hydrogen-bond acceptors (Lipinski definition) is 17. The Kier molecular flexibility index (Phi) is 29.6. The maximum Gasteiger partial charge on any atom is 0.325 e. The highest BCUT2D eigenvalue weighted by molar-refractivity contribution is 8.76. The zero-order valence-electron chi connectivity index (χ0n) is 46.7. The van der Waals surface area contributed by atoms with Crippen molar-refractivity contribution in [1.82, 2.24) is 58.5 Å². The molecule has 1 aromatic rings. The molecule has 2 aliphatic rings. The van der Waals surface area contributed by atoms with E-state index < -0.39 is 144 Å². The highest BCUT2D eigenvalue weighted by Crippen LogP contribution is 2.24. The van der Waals surface area contributed by atoms with E-state index in [1.54, 1.807) is 27.7 Å². The van der Waals surface area contributed by atoms with E-state index in [0.29, 0.717) is 31.4 Å². The van der Waals surface area contributed by atoms with Crippen molar-refractivity contribution in [2.75, 3.05) is 44.2 Å². The van der Waals surface area contributed by atoms with Gasteiger partial charge in [-0.1, -0.05) is 67.8 Å². The Morgan fingerprint density at radius 1 is 0.659 bits per heavy atom. The van der Waals surface area contributed by atoms with Crippen LogP contribution >= 0.6 is 21.6 Å². The quantitative estimate of drug-likeness (QED) is 0.0284. The van der Waals surface area contributed by atoms with Crippen molar-refractivity contribution in [2.24, 2.45) is 44.8 Å². The number of aliphatic carboxylic acids is 1. The number of carbonyl (C=O) groups is 11. The summed E-state index contributed by atoms with van der Waals surface area (Å²) in [4.78, 5) is 159. The second-order valence-electron chi connectivity index (χ2n) is 20.0. The smallest absolute Gasteiger partial charge is 0.325 e. The molecule has 82 heavy (non-hydrogen) atoms. The zero-order chi connectivity index (χ0) is 61.1. The predicted molar refractivity (Wildman–Crippen MR) is 307 cm³/mol. The van der Waals surface area contributed by atoms with Crippen LogP contribution in [0.3, 0.4) is 0 Å². The molecule has 10 atom stereocenters. The lowest BCUT2D eigenvalue weighted by molar-refractivity contribution is -0.141. The van der Waals surface area contributed by atoms with Crippen molar-refractivity contribution in [3.63, 3.8) is 0 Å². The SMILES string of the molecule is CC[C@H](C)[C@@H]1NC(=O)[C@H](CCCN=C(N)N)NC(=O)[C@H](C(C)C)NC(=O)[C@H](CCCN=C(N)N)NC(=O)[C@@H](NC(=O)[C@@H]2CCCN2)CSSC[C@@H](C(=O)N[C@H](C)C(=O)O)NC(=O)CNC(=O)CNC(=O)[C@H](Cc2ccc(O)cc2)NC1=O. The third-order valence-electron chi connectivity index (χ3n) is 13.0. The molecule has 2 fully saturated rings. The van der Waals surface area contributed by atoms with Crippen molar-refractivity contribution in [3.8, 4) is 5.75 Å². The number of nitrogens with one attached hydrogen (secondary N) is 11. The largest absolute Gasteiger partial charge is 0.508 e. The first-order valence-electron chi connectivity index (χ1n) is 26.9. The van der Waals surface area contributed by atoms with Crippen LogP contribution in [0, 0.1) is 11.8 Å². The number of phenols is 1. The van der Waals surface area contributed by atoms with Crippen LogP contribution in [0.5, 0.6) is 5.75 Å². The number of amides is 10. The normalized spacial score (nSPS) is 24.3. The summed E-state index contributed by atoms with van der Waals surface area (Å²) in [5.74, 6) is -11.9. The summed E-state index contributed by atoms with van der Waals surface area (Å²) in [6, 6.07) is -5.96. The fourth-order valence-electron chi connectivity index (χ4n) is 8.09. The molecule has 10 amide bonds. The van der Waals surface area contributed by atoms with Crippen LogP contribution in [-0.4, -0.2) is 186 Å². The predicted octanol–water partition coefficient (Wildman–Crippen LogP) is -4.89. The Bertz CT molecular complexity index is 2440. The van der Waals surface area contributed by atoms with Gasteiger partial charge in [0.05, 0.1) is 19.1 Å². The number of carbonyl (C=O) groups excluding carboxylic acids is 10. The van der Waals surface area contributed by atoms with Crippen molar-refractivity contribution < 1.29 is 63.0 Å². The van der Waals surface area contributed by atoms with Gasteiger partial charge in [-0.25, -0.2) is 0 Å². The molecule has 3 rings (SSSR count). The first-order valence-corrected chi connectivity index (χ1v) is 29.3. The number of phenolic OH excluding ortho intramolecular Hbond substituents is 1. The lowest BCUT2D eigenvalue weighted by Gasteiger charge is -2.30. The van der Waals surface area contributed by atoms with Crippen molar-refractivity contribution in [1.29, 1.82) is 0 Å². The molecule has 1 aromatic carbocycles. The van der Waals surface area contributed by atoms with Gasteiger partial charge in [0.25, 0.3) is 0 Å². The molecule has 0 saturated carbocycles. The van der Waals surface area contributed by atoms with Crippen LogP contribution in [0.1, 0.15) is 85.1 Å². The fraction of sp³-hybridized carbons (Fsp3) is 0.620. The summed E-state index contributed by atoms with van der Waals surface area (Å²) in [5, 5.41) is 48.2. The van der Waals surface area contributed by atoms with E-state index in [9.17, 15) is 63.0 Å². The number of nitrogens with zero attached hydrogens (tertiary/aromatic N) is 2. The van der Waals surface area contributed by atoms with Crippen LogP contribution in [0.15, 0.2) is 34.3 Å². The molecule has 0 bridgehead atoms. The molecule has 30 nitrogen and oxygen atoms in total. The number of carboxylic acid groups (broad SMARTS) is 1. The topological polar surface area (TPSA) is 489 Å². The van der Waals surface area contributed by atoms with Gasteiger partial charge in [0.15, 0.2) is 11.9 Å². The molecule has 0 spiro atoms. The summed E-state index contributed by atoms with van der Waals surface area (Å²) in [6.07, 6.45) is 1.38. The molecule has 2 heterocycles. The van der Waals surface area contributed by atoms with Gasteiger partial charge in [-0.05, 0) is 81.5 Å². The lowest BCUT2D eigenvalue weighted by atomic mass is 9.96. The molecular formula is C50H81N17O13S2. The Labute approximate surface area is 483 Å². The summed E-state index contributed by atoms with van der Waals surface area (Å²) >= 11 is 0. The lowest BCUT2D eigenvalue weighted by Crippen LogP contribution is -2.61. The minimum absolute atomic E-state index is 0.0254. The second kappa shape index (κ2) is 35.3. The standard InChI is InChI=1S/C50H81N17O13S2/c1-6-26(4)39-47(78)64-33(20-28-13-15-29(68)16-14-28)40(71)59-21-36(69)58-22-37(70)61-34(44(75)60-27(5)48(79)80)23-81-82-24-35(65-41(72)30-10-7-17-55-30)45(76)62-31(11-8-18-56-49(51)52)42(73)66-38(25(2)3)46(77)63-32(43(74)67-39)12-9-19-57-50(53)54/h13-16,25-27,30-35,38-39,55,68H,6-12,17-24H2,1-5H3,(H,58,69)(H,59,71)(H,60,75)(H,61,70)(H,62,76)(H,63,77)(H,64,78)(H,65,72)(H,66,73)(H,67,74)(H,79,80)(H4,51,52,56)(H4,53,54,57)/t26-,27+,30-,31-,32-,33-,34-,35-,38-,39-/m0/s1. The number of aromatic hydroxyl groups is 1. The number of hydrogen-bond donors (Lipinski definition) is 17. The summed E-state index contributed by atoms with van der Waals surface area (Å²) in [6.45, 7) is 7.02. The highest BCUT2D eigenvalue weighted by Gasteiger charge is 2.37. The van der Waals surface area contributed by atoms with Gasteiger partial charge in [0, 0.05) is 31.0 Å². The zero-order valence-corrected chi connectivity index (χ0v) is 48.3. The third-order valence-corrected chi connectivity index (χ3v) is 15.4. The molecule has 2 aliphatic heterocycles. The van der Waals surface area contributed by atoms with Gasteiger partial charge in [0.1, 0.15) is 54.1 Å². The fourth-order valence-corrected chi connectivity index (χ4v) is 10.4. The molecule has 0 aliphatic carbocycles. The van der Waals surface area contributed by atoms with E-state index in [-0.39, 0.29) is 74.4 Å². The summed E-state index contributed by atoms with van der Waals surface area (Å²) in [7, 11) is 1.94. The summed E-state index contributed by atoms with van der Waals surface area (Å²) < 4.78 is 0. The van der Waals surface area contributed by atoms with E-state index >= 15 is 0 Å². The van der Waals surface area contributed by atoms with Crippen molar-refractivity contribution >= 4 is 98.5 Å². The van der Waals surface area contributed by atoms with Crippen LogP contribution in [-0.2, 0) is 59.2 Å². The van der Waals surface area contributed by atoms with Crippen LogP contribution < -0.4 is 81.4 Å². The summed E-state index contributed by atoms with van der Waals surface area (Å²) in [5.41, 5.74) is 22.7. The monoisotopic (exact) mass is 1190 g/mol. The first kappa shape index (κ1) is 68.7. The molecule has 2 saturated heterocycles. The minimum Gasteiger partial charge on any atom is -0.508 e. The van der Waals surface area contributed by atoms with Gasteiger partial charge in [-0.2, -0.15) is 0 Å². The highest BCUT2D eigenvalue weighted by atomic mass is 33.1. The van der Waals surface area contributed by atoms with Gasteiger partial charge >= 0.3 is 5.97 Å². The van der Waals surface area contributed by atoms with E-state index in [4.69, 9.17) is 22.9 Å². The van der Waals surface area contributed by atoms with Crippen molar-refractivity contribution in [2.45, 2.75) is 140 Å². The number of carboxylic acids is 1.